The maximum Gasteiger partial charge on any atom is 0.229 e. The predicted molar refractivity (Wildman–Crippen MR) is 113 cm³/mol. The Kier molecular flexibility index (Phi) is 5.74. The Bertz CT molecular complexity index is 985. The minimum absolute atomic E-state index is 0.117. The van der Waals surface area contributed by atoms with Crippen molar-refractivity contribution in [2.45, 2.75) is 45.4 Å². The number of fused-ring (bicyclic) bond motifs is 1. The van der Waals surface area contributed by atoms with Crippen LogP contribution in [-0.4, -0.2) is 47.3 Å². The highest BCUT2D eigenvalue weighted by molar-refractivity contribution is 7.89. The molecule has 0 spiro atoms. The summed E-state index contributed by atoms with van der Waals surface area (Å²) in [6.45, 7) is 2.62. The summed E-state index contributed by atoms with van der Waals surface area (Å²) in [4.78, 5) is 13.1. The van der Waals surface area contributed by atoms with Gasteiger partial charge in [-0.25, -0.2) is 17.4 Å². The van der Waals surface area contributed by atoms with Crippen LogP contribution in [0.5, 0.6) is 0 Å². The number of amides is 1. The molecule has 2 aliphatic rings. The van der Waals surface area contributed by atoms with Gasteiger partial charge in [0.1, 0.15) is 5.82 Å². The molecule has 7 nitrogen and oxygen atoms in total. The number of benzene rings is 1. The molecule has 1 aromatic carbocycles. The van der Waals surface area contributed by atoms with Crippen molar-refractivity contribution >= 4 is 21.7 Å². The molecule has 0 radical (unpaired) electrons. The van der Waals surface area contributed by atoms with Gasteiger partial charge in [0.2, 0.25) is 15.9 Å². The standard InChI is InChI=1S/C21H28N4O3S/c1-2-14-29(27,28)24-13-7-8-16(15-24)21(26)22-20-18-11-6-12-19(18)23-25(20)17-9-4-3-5-10-17/h3-5,9-10,16H,2,6-8,11-15H2,1H3,(H,22,26)/t16-/m1/s1. The molecule has 1 amide bonds. The number of aromatic nitrogens is 2. The van der Waals surface area contributed by atoms with E-state index in [0.29, 0.717) is 25.8 Å². The maximum absolute atomic E-state index is 13.1. The summed E-state index contributed by atoms with van der Waals surface area (Å²) < 4.78 is 28.2. The lowest BCUT2D eigenvalue weighted by Crippen LogP contribution is -2.44. The van der Waals surface area contributed by atoms with Crippen LogP contribution in [0.4, 0.5) is 5.82 Å². The average Bonchev–Trinajstić information content (AvgIpc) is 3.31. The van der Waals surface area contributed by atoms with Gasteiger partial charge in [0.05, 0.1) is 23.1 Å². The molecule has 2 aromatic rings. The quantitative estimate of drug-likeness (QED) is 0.785. The Morgan fingerprint density at radius 3 is 2.76 bits per heavy atom. The van der Waals surface area contributed by atoms with E-state index < -0.39 is 10.0 Å². The summed E-state index contributed by atoms with van der Waals surface area (Å²) in [5.41, 5.74) is 3.06. The van der Waals surface area contributed by atoms with Gasteiger partial charge in [-0.3, -0.25) is 4.79 Å². The van der Waals surface area contributed by atoms with Gasteiger partial charge in [0, 0.05) is 18.7 Å². The van der Waals surface area contributed by atoms with E-state index in [2.05, 4.69) is 5.32 Å². The molecule has 0 saturated carbocycles. The minimum Gasteiger partial charge on any atom is -0.310 e. The topological polar surface area (TPSA) is 84.3 Å². The molecule has 1 atom stereocenters. The lowest BCUT2D eigenvalue weighted by Gasteiger charge is -2.31. The normalized spacial score (nSPS) is 19.8. The van der Waals surface area contributed by atoms with Crippen molar-refractivity contribution in [2.24, 2.45) is 5.92 Å². The zero-order chi connectivity index (χ0) is 20.4. The Hall–Kier alpha value is -2.19. The molecule has 156 valence electrons. The number of rotatable bonds is 6. The van der Waals surface area contributed by atoms with Gasteiger partial charge in [-0.2, -0.15) is 5.10 Å². The molecule has 1 aliphatic carbocycles. The van der Waals surface area contributed by atoms with E-state index in [0.717, 1.165) is 42.0 Å². The van der Waals surface area contributed by atoms with Crippen molar-refractivity contribution in [1.82, 2.24) is 14.1 Å². The smallest absolute Gasteiger partial charge is 0.229 e. The van der Waals surface area contributed by atoms with Gasteiger partial charge >= 0.3 is 0 Å². The number of carbonyl (C=O) groups excluding carboxylic acids is 1. The molecule has 4 rings (SSSR count). The first-order valence-corrected chi connectivity index (χ1v) is 12.1. The van der Waals surface area contributed by atoms with E-state index in [1.807, 2.05) is 41.9 Å². The maximum atomic E-state index is 13.1. The molecule has 1 fully saturated rings. The number of para-hydroxylation sites is 1. The molecule has 1 aromatic heterocycles. The summed E-state index contributed by atoms with van der Waals surface area (Å²) in [5.74, 6) is 0.414. The molecule has 2 heterocycles. The summed E-state index contributed by atoms with van der Waals surface area (Å²) >= 11 is 0. The second-order valence-electron chi connectivity index (χ2n) is 7.88. The number of hydrogen-bond acceptors (Lipinski definition) is 4. The average molecular weight is 417 g/mol. The fourth-order valence-corrected chi connectivity index (χ4v) is 5.88. The molecule has 1 N–H and O–H groups in total. The molecular formula is C21H28N4O3S. The number of carbonyl (C=O) groups is 1. The van der Waals surface area contributed by atoms with Crippen molar-refractivity contribution in [3.05, 3.63) is 41.6 Å². The van der Waals surface area contributed by atoms with Gasteiger partial charge in [0.15, 0.2) is 0 Å². The van der Waals surface area contributed by atoms with Gasteiger partial charge in [-0.1, -0.05) is 25.1 Å². The Balaban J connectivity index is 1.56. The van der Waals surface area contributed by atoms with Crippen LogP contribution in [0.15, 0.2) is 30.3 Å². The van der Waals surface area contributed by atoms with Crippen LogP contribution >= 0.6 is 0 Å². The third-order valence-electron chi connectivity index (χ3n) is 5.76. The molecule has 1 saturated heterocycles. The lowest BCUT2D eigenvalue weighted by molar-refractivity contribution is -0.120. The number of anilines is 1. The van der Waals surface area contributed by atoms with Crippen LogP contribution in [0.2, 0.25) is 0 Å². The van der Waals surface area contributed by atoms with E-state index in [9.17, 15) is 13.2 Å². The Morgan fingerprint density at radius 2 is 2.00 bits per heavy atom. The van der Waals surface area contributed by atoms with Gasteiger partial charge in [-0.05, 0) is 50.7 Å². The minimum atomic E-state index is -3.29. The second kappa shape index (κ2) is 8.28. The zero-order valence-electron chi connectivity index (χ0n) is 16.8. The highest BCUT2D eigenvalue weighted by Crippen LogP contribution is 2.32. The third kappa shape index (κ3) is 4.09. The third-order valence-corrected chi connectivity index (χ3v) is 7.80. The molecule has 0 unspecified atom stereocenters. The van der Waals surface area contributed by atoms with Gasteiger partial charge in [-0.15, -0.1) is 0 Å². The van der Waals surface area contributed by atoms with Crippen LogP contribution in [0.1, 0.15) is 43.9 Å². The summed E-state index contributed by atoms with van der Waals surface area (Å²) in [7, 11) is -3.29. The molecular weight excluding hydrogens is 388 g/mol. The monoisotopic (exact) mass is 416 g/mol. The van der Waals surface area contributed by atoms with E-state index in [-0.39, 0.29) is 24.1 Å². The number of nitrogens with zero attached hydrogens (tertiary/aromatic N) is 3. The summed E-state index contributed by atoms with van der Waals surface area (Å²) in [5, 5.41) is 7.84. The first-order valence-electron chi connectivity index (χ1n) is 10.4. The van der Waals surface area contributed by atoms with Crippen LogP contribution < -0.4 is 5.32 Å². The van der Waals surface area contributed by atoms with Crippen molar-refractivity contribution in [3.8, 4) is 5.69 Å². The van der Waals surface area contributed by atoms with E-state index in [1.54, 1.807) is 0 Å². The highest BCUT2D eigenvalue weighted by atomic mass is 32.2. The fraction of sp³-hybridized carbons (Fsp3) is 0.524. The highest BCUT2D eigenvalue weighted by Gasteiger charge is 2.33. The van der Waals surface area contributed by atoms with Crippen LogP contribution in [0, 0.1) is 5.92 Å². The van der Waals surface area contributed by atoms with Crippen LogP contribution in [0.25, 0.3) is 5.69 Å². The second-order valence-corrected chi connectivity index (χ2v) is 9.97. The van der Waals surface area contributed by atoms with E-state index in [1.165, 1.54) is 4.31 Å². The van der Waals surface area contributed by atoms with Crippen molar-refractivity contribution in [3.63, 3.8) is 0 Å². The number of aryl methyl sites for hydroxylation is 1. The first-order chi connectivity index (χ1) is 14.0. The number of sulfonamides is 1. The Morgan fingerprint density at radius 1 is 1.21 bits per heavy atom. The van der Waals surface area contributed by atoms with Gasteiger partial charge < -0.3 is 5.32 Å². The van der Waals surface area contributed by atoms with E-state index >= 15 is 0 Å². The van der Waals surface area contributed by atoms with E-state index in [4.69, 9.17) is 5.10 Å². The van der Waals surface area contributed by atoms with Crippen LogP contribution in [-0.2, 0) is 27.7 Å². The predicted octanol–water partition coefficient (Wildman–Crippen LogP) is 2.75. The molecule has 0 bridgehead atoms. The lowest BCUT2D eigenvalue weighted by atomic mass is 9.99. The van der Waals surface area contributed by atoms with Crippen LogP contribution in [0.3, 0.4) is 0 Å². The molecule has 1 aliphatic heterocycles. The summed E-state index contributed by atoms with van der Waals surface area (Å²) in [6, 6.07) is 9.79. The number of nitrogens with one attached hydrogen (secondary N) is 1. The largest absolute Gasteiger partial charge is 0.310 e. The Labute approximate surface area is 172 Å². The van der Waals surface area contributed by atoms with Gasteiger partial charge in [0.25, 0.3) is 0 Å². The summed E-state index contributed by atoms with van der Waals surface area (Å²) in [6.07, 6.45) is 4.85. The fourth-order valence-electron chi connectivity index (χ4n) is 4.29. The number of piperidine rings is 1. The number of hydrogen-bond donors (Lipinski definition) is 1. The van der Waals surface area contributed by atoms with Crippen molar-refractivity contribution in [1.29, 1.82) is 0 Å². The first kappa shape index (κ1) is 20.1. The zero-order valence-corrected chi connectivity index (χ0v) is 17.6. The van der Waals surface area contributed by atoms with Crippen molar-refractivity contribution < 1.29 is 13.2 Å². The SMILES string of the molecule is CCCS(=O)(=O)N1CCC[C@@H](C(=O)Nc2c3c(nn2-c2ccccc2)CCC3)C1. The molecule has 29 heavy (non-hydrogen) atoms. The molecule has 8 heteroatoms. The van der Waals surface area contributed by atoms with Crippen molar-refractivity contribution in [2.75, 3.05) is 24.2 Å².